The number of hydrogen-bond acceptors (Lipinski definition) is 1. The molecule has 2 aromatic rings. The minimum atomic E-state index is -0.916. The molecule has 1 nitrogen and oxygen atoms in total. The molecule has 0 spiro atoms. The molecule has 20 heavy (non-hydrogen) atoms. The zero-order valence-corrected chi connectivity index (χ0v) is 11.4. The van der Waals surface area contributed by atoms with E-state index in [0.717, 1.165) is 12.1 Å². The van der Waals surface area contributed by atoms with Gasteiger partial charge in [0.1, 0.15) is 17.5 Å². The second-order valence-electron chi connectivity index (χ2n) is 4.65. The largest absolute Gasteiger partial charge is 0.310 e. The Balaban J connectivity index is 2.46. The summed E-state index contributed by atoms with van der Waals surface area (Å²) in [6.45, 7) is 4.75. The summed E-state index contributed by atoms with van der Waals surface area (Å²) >= 11 is 0. The van der Waals surface area contributed by atoms with Crippen LogP contribution in [0, 0.1) is 17.5 Å². The van der Waals surface area contributed by atoms with Gasteiger partial charge >= 0.3 is 0 Å². The number of halogens is 3. The predicted molar refractivity (Wildman–Crippen MR) is 73.8 cm³/mol. The zero-order chi connectivity index (χ0) is 14.7. The van der Waals surface area contributed by atoms with Crippen molar-refractivity contribution in [2.24, 2.45) is 0 Å². The lowest BCUT2D eigenvalue weighted by Crippen LogP contribution is -2.17. The number of nitrogens with one attached hydrogen (secondary N) is 1. The highest BCUT2D eigenvalue weighted by molar-refractivity contribution is 5.65. The van der Waals surface area contributed by atoms with E-state index in [1.165, 1.54) is 0 Å². The molecular weight excluding hydrogens is 263 g/mol. The van der Waals surface area contributed by atoms with E-state index < -0.39 is 17.5 Å². The van der Waals surface area contributed by atoms with Gasteiger partial charge in [-0.1, -0.05) is 25.1 Å². The van der Waals surface area contributed by atoms with E-state index >= 15 is 0 Å². The van der Waals surface area contributed by atoms with Gasteiger partial charge in [0.15, 0.2) is 0 Å². The first kappa shape index (κ1) is 14.6. The third-order valence-corrected chi connectivity index (χ3v) is 3.19. The van der Waals surface area contributed by atoms with Crippen LogP contribution in [-0.2, 0) is 0 Å². The van der Waals surface area contributed by atoms with Crippen LogP contribution in [0.4, 0.5) is 13.2 Å². The van der Waals surface area contributed by atoms with Crippen LogP contribution in [0.3, 0.4) is 0 Å². The molecule has 0 amide bonds. The maximum absolute atomic E-state index is 13.8. The first-order valence-corrected chi connectivity index (χ1v) is 6.51. The van der Waals surface area contributed by atoms with Crippen LogP contribution in [-0.4, -0.2) is 6.54 Å². The van der Waals surface area contributed by atoms with Crippen LogP contribution in [0.2, 0.25) is 0 Å². The van der Waals surface area contributed by atoms with Crippen molar-refractivity contribution < 1.29 is 13.2 Å². The highest BCUT2D eigenvalue weighted by atomic mass is 19.1. The van der Waals surface area contributed by atoms with Gasteiger partial charge in [-0.25, -0.2) is 13.2 Å². The van der Waals surface area contributed by atoms with Crippen molar-refractivity contribution >= 4 is 0 Å². The molecule has 1 N–H and O–H groups in total. The van der Waals surface area contributed by atoms with Crippen molar-refractivity contribution in [3.05, 3.63) is 59.4 Å². The monoisotopic (exact) mass is 279 g/mol. The second kappa shape index (κ2) is 6.09. The van der Waals surface area contributed by atoms with Gasteiger partial charge in [0.25, 0.3) is 0 Å². The fraction of sp³-hybridized carbons (Fsp3) is 0.250. The van der Waals surface area contributed by atoms with Gasteiger partial charge in [0, 0.05) is 18.2 Å². The second-order valence-corrected chi connectivity index (χ2v) is 4.65. The Morgan fingerprint density at radius 1 is 1.05 bits per heavy atom. The molecular formula is C16H16F3N. The highest BCUT2D eigenvalue weighted by Crippen LogP contribution is 2.28. The summed E-state index contributed by atoms with van der Waals surface area (Å²) in [5, 5.41) is 3.23. The standard InChI is InChI=1S/C16H16F3N/c1-3-20-10(2)11-5-4-6-12(7-11)16-14(18)8-13(17)9-15(16)19/h4-10,20H,3H2,1-2H3. The fourth-order valence-corrected chi connectivity index (χ4v) is 2.21. The molecule has 0 radical (unpaired) electrons. The number of rotatable bonds is 4. The molecule has 0 heterocycles. The maximum Gasteiger partial charge on any atom is 0.136 e. The van der Waals surface area contributed by atoms with Crippen molar-refractivity contribution in [1.82, 2.24) is 5.32 Å². The minimum Gasteiger partial charge on any atom is -0.310 e. The molecule has 0 aromatic heterocycles. The number of hydrogen-bond donors (Lipinski definition) is 1. The lowest BCUT2D eigenvalue weighted by atomic mass is 9.99. The summed E-state index contributed by atoms with van der Waals surface area (Å²) in [6, 6.07) is 8.41. The van der Waals surface area contributed by atoms with Crippen LogP contribution in [0.5, 0.6) is 0 Å². The molecule has 0 fully saturated rings. The van der Waals surface area contributed by atoms with Crippen molar-refractivity contribution in [2.45, 2.75) is 19.9 Å². The SMILES string of the molecule is CCNC(C)c1cccc(-c2c(F)cc(F)cc2F)c1. The third-order valence-electron chi connectivity index (χ3n) is 3.19. The van der Waals surface area contributed by atoms with E-state index in [-0.39, 0.29) is 11.6 Å². The quantitative estimate of drug-likeness (QED) is 0.872. The van der Waals surface area contributed by atoms with Gasteiger partial charge in [-0.15, -0.1) is 0 Å². The van der Waals surface area contributed by atoms with Crippen LogP contribution >= 0.6 is 0 Å². The lowest BCUT2D eigenvalue weighted by Gasteiger charge is -2.14. The Hall–Kier alpha value is -1.81. The Kier molecular flexibility index (Phi) is 4.45. The van der Waals surface area contributed by atoms with Gasteiger partial charge in [-0.05, 0) is 30.7 Å². The summed E-state index contributed by atoms with van der Waals surface area (Å²) in [6.07, 6.45) is 0. The molecule has 2 aromatic carbocycles. The van der Waals surface area contributed by atoms with E-state index in [2.05, 4.69) is 5.32 Å². The Bertz CT molecular complexity index is 587. The molecule has 0 saturated carbocycles. The first-order valence-electron chi connectivity index (χ1n) is 6.51. The summed E-state index contributed by atoms with van der Waals surface area (Å²) in [4.78, 5) is 0. The fourth-order valence-electron chi connectivity index (χ4n) is 2.21. The Morgan fingerprint density at radius 3 is 2.30 bits per heavy atom. The highest BCUT2D eigenvalue weighted by Gasteiger charge is 2.14. The molecule has 1 unspecified atom stereocenters. The average Bonchev–Trinajstić information content (AvgIpc) is 2.38. The molecule has 106 valence electrons. The van der Waals surface area contributed by atoms with E-state index in [1.807, 2.05) is 19.9 Å². The van der Waals surface area contributed by atoms with Crippen molar-refractivity contribution in [2.75, 3.05) is 6.54 Å². The third kappa shape index (κ3) is 3.02. The topological polar surface area (TPSA) is 12.0 Å². The molecule has 0 aliphatic heterocycles. The van der Waals surface area contributed by atoms with Gasteiger partial charge in [-0.2, -0.15) is 0 Å². The van der Waals surface area contributed by atoms with E-state index in [4.69, 9.17) is 0 Å². The van der Waals surface area contributed by atoms with E-state index in [0.29, 0.717) is 17.7 Å². The molecule has 4 heteroatoms. The van der Waals surface area contributed by atoms with E-state index in [1.54, 1.807) is 18.2 Å². The Morgan fingerprint density at radius 2 is 1.70 bits per heavy atom. The molecule has 2 rings (SSSR count). The zero-order valence-electron chi connectivity index (χ0n) is 11.4. The lowest BCUT2D eigenvalue weighted by molar-refractivity contribution is 0.548. The Labute approximate surface area is 116 Å². The molecule has 0 bridgehead atoms. The van der Waals surface area contributed by atoms with Crippen molar-refractivity contribution in [1.29, 1.82) is 0 Å². The summed E-state index contributed by atoms with van der Waals surface area (Å²) in [7, 11) is 0. The van der Waals surface area contributed by atoms with Gasteiger partial charge in [0.05, 0.1) is 5.56 Å². The predicted octanol–water partition coefficient (Wildman–Crippen LogP) is 4.44. The van der Waals surface area contributed by atoms with Gasteiger partial charge in [-0.3, -0.25) is 0 Å². The van der Waals surface area contributed by atoms with Gasteiger partial charge in [0.2, 0.25) is 0 Å². The summed E-state index contributed by atoms with van der Waals surface area (Å²) < 4.78 is 40.5. The maximum atomic E-state index is 13.8. The van der Waals surface area contributed by atoms with Crippen molar-refractivity contribution in [3.8, 4) is 11.1 Å². The molecule has 1 atom stereocenters. The average molecular weight is 279 g/mol. The molecule has 0 aliphatic rings. The van der Waals surface area contributed by atoms with E-state index in [9.17, 15) is 13.2 Å². The van der Waals surface area contributed by atoms with Crippen LogP contribution in [0.25, 0.3) is 11.1 Å². The molecule has 0 aliphatic carbocycles. The summed E-state index contributed by atoms with van der Waals surface area (Å²) in [5.74, 6) is -2.70. The normalized spacial score (nSPS) is 12.4. The minimum absolute atomic E-state index is 0.0755. The van der Waals surface area contributed by atoms with Crippen molar-refractivity contribution in [3.63, 3.8) is 0 Å². The molecule has 0 saturated heterocycles. The summed E-state index contributed by atoms with van der Waals surface area (Å²) in [5.41, 5.74) is 1.13. The van der Waals surface area contributed by atoms with Crippen LogP contribution in [0.1, 0.15) is 25.5 Å². The van der Waals surface area contributed by atoms with Crippen LogP contribution < -0.4 is 5.32 Å². The van der Waals surface area contributed by atoms with Crippen LogP contribution in [0.15, 0.2) is 36.4 Å². The number of benzene rings is 2. The first-order chi connectivity index (χ1) is 9.52. The van der Waals surface area contributed by atoms with Gasteiger partial charge < -0.3 is 5.32 Å². The smallest absolute Gasteiger partial charge is 0.136 e.